The standard InChI is InChI=1S/C10H13FN2/c1-2-3-4-6-12-9-5-7-13-10(11)8-9/h2-3,5,7-8H,4,6H2,1H3,(H,12,13)/b3-2+. The molecule has 1 N–H and O–H groups in total. The number of hydrogen-bond donors (Lipinski definition) is 1. The molecule has 0 aliphatic carbocycles. The molecule has 0 radical (unpaired) electrons. The topological polar surface area (TPSA) is 24.9 Å². The molecule has 0 fully saturated rings. The predicted molar refractivity (Wildman–Crippen MR) is 52.1 cm³/mol. The molecule has 1 rings (SSSR count). The molecule has 0 spiro atoms. The first-order chi connectivity index (χ1) is 6.33. The second-order valence-corrected chi connectivity index (χ2v) is 2.65. The highest BCUT2D eigenvalue weighted by atomic mass is 19.1. The molecule has 1 aromatic heterocycles. The molecular weight excluding hydrogens is 167 g/mol. The SMILES string of the molecule is C/C=C/CCNc1ccnc(F)c1. The third-order valence-electron chi connectivity index (χ3n) is 1.60. The maximum absolute atomic E-state index is 12.6. The van der Waals surface area contributed by atoms with Crippen molar-refractivity contribution in [1.29, 1.82) is 0 Å². The van der Waals surface area contributed by atoms with E-state index in [4.69, 9.17) is 0 Å². The van der Waals surface area contributed by atoms with E-state index in [-0.39, 0.29) is 0 Å². The van der Waals surface area contributed by atoms with Crippen LogP contribution in [0.1, 0.15) is 13.3 Å². The smallest absolute Gasteiger partial charge is 0.214 e. The Labute approximate surface area is 77.5 Å². The van der Waals surface area contributed by atoms with Gasteiger partial charge >= 0.3 is 0 Å². The fourth-order valence-electron chi connectivity index (χ4n) is 0.979. The van der Waals surface area contributed by atoms with E-state index in [1.807, 2.05) is 13.0 Å². The van der Waals surface area contributed by atoms with Crippen molar-refractivity contribution in [3.8, 4) is 0 Å². The van der Waals surface area contributed by atoms with Gasteiger partial charge in [-0.1, -0.05) is 12.2 Å². The van der Waals surface area contributed by atoms with E-state index in [0.717, 1.165) is 18.7 Å². The summed E-state index contributed by atoms with van der Waals surface area (Å²) in [7, 11) is 0. The molecule has 0 amide bonds. The predicted octanol–water partition coefficient (Wildman–Crippen LogP) is 2.60. The number of allylic oxidation sites excluding steroid dienone is 1. The highest BCUT2D eigenvalue weighted by molar-refractivity contribution is 5.41. The van der Waals surface area contributed by atoms with Crippen molar-refractivity contribution in [1.82, 2.24) is 4.98 Å². The van der Waals surface area contributed by atoms with E-state index in [2.05, 4.69) is 16.4 Å². The second kappa shape index (κ2) is 5.30. The largest absolute Gasteiger partial charge is 0.385 e. The van der Waals surface area contributed by atoms with Crippen molar-refractivity contribution in [2.45, 2.75) is 13.3 Å². The summed E-state index contributed by atoms with van der Waals surface area (Å²) in [5.74, 6) is -0.448. The quantitative estimate of drug-likeness (QED) is 0.437. The molecule has 0 aliphatic rings. The van der Waals surface area contributed by atoms with Gasteiger partial charge in [0.25, 0.3) is 0 Å². The van der Waals surface area contributed by atoms with Crippen molar-refractivity contribution >= 4 is 5.69 Å². The van der Waals surface area contributed by atoms with Crippen LogP contribution in [-0.4, -0.2) is 11.5 Å². The maximum Gasteiger partial charge on any atom is 0.214 e. The number of nitrogens with zero attached hydrogens (tertiary/aromatic N) is 1. The number of nitrogens with one attached hydrogen (secondary N) is 1. The van der Waals surface area contributed by atoms with Gasteiger partial charge in [-0.2, -0.15) is 4.39 Å². The van der Waals surface area contributed by atoms with E-state index < -0.39 is 5.95 Å². The molecule has 0 atom stereocenters. The normalized spacial score (nSPS) is 10.6. The van der Waals surface area contributed by atoms with Gasteiger partial charge in [-0.25, -0.2) is 4.98 Å². The molecule has 3 heteroatoms. The van der Waals surface area contributed by atoms with Crippen LogP contribution in [0.4, 0.5) is 10.1 Å². The molecular formula is C10H13FN2. The highest BCUT2D eigenvalue weighted by Crippen LogP contribution is 2.06. The molecule has 0 saturated heterocycles. The zero-order chi connectivity index (χ0) is 9.52. The van der Waals surface area contributed by atoms with E-state index in [1.54, 1.807) is 6.07 Å². The lowest BCUT2D eigenvalue weighted by molar-refractivity contribution is 0.584. The molecule has 70 valence electrons. The molecule has 13 heavy (non-hydrogen) atoms. The Hall–Kier alpha value is -1.38. The average molecular weight is 180 g/mol. The third-order valence-corrected chi connectivity index (χ3v) is 1.60. The Kier molecular flexibility index (Phi) is 3.96. The summed E-state index contributed by atoms with van der Waals surface area (Å²) < 4.78 is 12.6. The van der Waals surface area contributed by atoms with E-state index >= 15 is 0 Å². The number of halogens is 1. The van der Waals surface area contributed by atoms with Gasteiger partial charge in [0, 0.05) is 24.5 Å². The van der Waals surface area contributed by atoms with Gasteiger partial charge in [0.15, 0.2) is 0 Å². The molecule has 0 unspecified atom stereocenters. The van der Waals surface area contributed by atoms with Crippen molar-refractivity contribution in [3.05, 3.63) is 36.4 Å². The first-order valence-electron chi connectivity index (χ1n) is 4.29. The van der Waals surface area contributed by atoms with Gasteiger partial charge in [0.1, 0.15) is 0 Å². The number of pyridine rings is 1. The maximum atomic E-state index is 12.6. The molecule has 1 aromatic rings. The van der Waals surface area contributed by atoms with Crippen molar-refractivity contribution in [2.75, 3.05) is 11.9 Å². The molecule has 0 aromatic carbocycles. The van der Waals surface area contributed by atoms with E-state index in [9.17, 15) is 4.39 Å². The Morgan fingerprint density at radius 1 is 1.62 bits per heavy atom. The second-order valence-electron chi connectivity index (χ2n) is 2.65. The molecule has 0 saturated carbocycles. The first-order valence-corrected chi connectivity index (χ1v) is 4.29. The van der Waals surface area contributed by atoms with Gasteiger partial charge < -0.3 is 5.32 Å². The fraction of sp³-hybridized carbons (Fsp3) is 0.300. The molecule has 1 heterocycles. The zero-order valence-corrected chi connectivity index (χ0v) is 7.63. The van der Waals surface area contributed by atoms with Crippen LogP contribution in [0.3, 0.4) is 0 Å². The minimum Gasteiger partial charge on any atom is -0.385 e. The minimum absolute atomic E-state index is 0.448. The van der Waals surface area contributed by atoms with Crippen molar-refractivity contribution < 1.29 is 4.39 Å². The lowest BCUT2D eigenvalue weighted by atomic mass is 10.3. The van der Waals surface area contributed by atoms with Crippen LogP contribution in [0, 0.1) is 5.95 Å². The number of anilines is 1. The third kappa shape index (κ3) is 3.69. The molecule has 0 aliphatic heterocycles. The van der Waals surface area contributed by atoms with Gasteiger partial charge in [0.05, 0.1) is 0 Å². The Bertz CT molecular complexity index is 284. The Morgan fingerprint density at radius 2 is 2.46 bits per heavy atom. The Balaban J connectivity index is 2.36. The van der Waals surface area contributed by atoms with Crippen LogP contribution in [-0.2, 0) is 0 Å². The lowest BCUT2D eigenvalue weighted by Gasteiger charge is -2.02. The fourth-order valence-corrected chi connectivity index (χ4v) is 0.979. The molecule has 0 bridgehead atoms. The summed E-state index contributed by atoms with van der Waals surface area (Å²) >= 11 is 0. The zero-order valence-electron chi connectivity index (χ0n) is 7.63. The van der Waals surface area contributed by atoms with Crippen LogP contribution < -0.4 is 5.32 Å². The van der Waals surface area contributed by atoms with Crippen LogP contribution in [0.2, 0.25) is 0 Å². The lowest BCUT2D eigenvalue weighted by Crippen LogP contribution is -2.00. The summed E-state index contributed by atoms with van der Waals surface area (Å²) in [6.07, 6.45) is 6.45. The summed E-state index contributed by atoms with van der Waals surface area (Å²) in [5.41, 5.74) is 0.775. The van der Waals surface area contributed by atoms with Gasteiger partial charge in [0.2, 0.25) is 5.95 Å². The van der Waals surface area contributed by atoms with E-state index in [0.29, 0.717) is 0 Å². The Morgan fingerprint density at radius 3 is 3.15 bits per heavy atom. The number of aromatic nitrogens is 1. The van der Waals surface area contributed by atoms with Gasteiger partial charge in [-0.3, -0.25) is 0 Å². The summed E-state index contributed by atoms with van der Waals surface area (Å²) in [5, 5.41) is 3.09. The summed E-state index contributed by atoms with van der Waals surface area (Å²) in [6.45, 7) is 2.79. The average Bonchev–Trinajstić information content (AvgIpc) is 2.13. The number of hydrogen-bond acceptors (Lipinski definition) is 2. The first kappa shape index (κ1) is 9.71. The van der Waals surface area contributed by atoms with Crippen molar-refractivity contribution in [3.63, 3.8) is 0 Å². The summed E-state index contributed by atoms with van der Waals surface area (Å²) in [6, 6.07) is 3.13. The van der Waals surface area contributed by atoms with Gasteiger partial charge in [-0.05, 0) is 19.4 Å². The van der Waals surface area contributed by atoms with Crippen LogP contribution in [0.25, 0.3) is 0 Å². The van der Waals surface area contributed by atoms with E-state index in [1.165, 1.54) is 12.3 Å². The highest BCUT2D eigenvalue weighted by Gasteiger charge is 1.93. The summed E-state index contributed by atoms with van der Waals surface area (Å²) in [4.78, 5) is 3.46. The van der Waals surface area contributed by atoms with Crippen molar-refractivity contribution in [2.24, 2.45) is 0 Å². The van der Waals surface area contributed by atoms with Crippen LogP contribution in [0.15, 0.2) is 30.5 Å². The minimum atomic E-state index is -0.448. The van der Waals surface area contributed by atoms with Crippen LogP contribution >= 0.6 is 0 Å². The van der Waals surface area contributed by atoms with Gasteiger partial charge in [-0.15, -0.1) is 0 Å². The molecule has 2 nitrogen and oxygen atoms in total. The monoisotopic (exact) mass is 180 g/mol. The number of rotatable bonds is 4. The van der Waals surface area contributed by atoms with Crippen LogP contribution in [0.5, 0.6) is 0 Å².